The van der Waals surface area contributed by atoms with Gasteiger partial charge in [-0.15, -0.1) is 11.3 Å². The first-order valence-electron chi connectivity index (χ1n) is 7.12. The van der Waals surface area contributed by atoms with Gasteiger partial charge in [0.25, 0.3) is 0 Å². The number of nitrogens with zero attached hydrogens (tertiary/aromatic N) is 2. The van der Waals surface area contributed by atoms with Crippen molar-refractivity contribution in [2.45, 2.75) is 46.3 Å². The van der Waals surface area contributed by atoms with Gasteiger partial charge in [-0.25, -0.2) is 4.98 Å². The van der Waals surface area contributed by atoms with E-state index in [1.807, 2.05) is 0 Å². The number of hydrogen-bond donors (Lipinski definition) is 1. The van der Waals surface area contributed by atoms with Crippen LogP contribution in [0, 0.1) is 0 Å². The third-order valence-corrected chi connectivity index (χ3v) is 4.15. The van der Waals surface area contributed by atoms with Crippen molar-refractivity contribution in [3.63, 3.8) is 0 Å². The molecule has 1 aromatic heterocycles. The standard InChI is InChI=1S/C14H27N3OS/c1-5-7-9-17(3)14-16-12(11-18-4)13(19-14)10-15-8-6-2/h15H,5-11H2,1-4H3. The van der Waals surface area contributed by atoms with Crippen molar-refractivity contribution in [3.05, 3.63) is 10.6 Å². The van der Waals surface area contributed by atoms with E-state index in [1.165, 1.54) is 17.7 Å². The minimum absolute atomic E-state index is 0.598. The molecule has 0 aliphatic carbocycles. The van der Waals surface area contributed by atoms with Crippen LogP contribution in [0.1, 0.15) is 43.7 Å². The Bertz CT molecular complexity index is 354. The fourth-order valence-electron chi connectivity index (χ4n) is 1.79. The van der Waals surface area contributed by atoms with Crippen LogP contribution >= 0.6 is 11.3 Å². The summed E-state index contributed by atoms with van der Waals surface area (Å²) in [4.78, 5) is 8.26. The molecule has 0 bridgehead atoms. The van der Waals surface area contributed by atoms with Crippen LogP contribution in [0.15, 0.2) is 0 Å². The fourth-order valence-corrected chi connectivity index (χ4v) is 2.81. The summed E-state index contributed by atoms with van der Waals surface area (Å²) in [6.45, 7) is 8.00. The zero-order valence-electron chi connectivity index (χ0n) is 12.7. The van der Waals surface area contributed by atoms with E-state index in [0.717, 1.165) is 36.9 Å². The highest BCUT2D eigenvalue weighted by Gasteiger charge is 2.13. The van der Waals surface area contributed by atoms with Crippen LogP contribution in [0.25, 0.3) is 0 Å². The lowest BCUT2D eigenvalue weighted by Crippen LogP contribution is -2.17. The number of anilines is 1. The Morgan fingerprint density at radius 2 is 2.11 bits per heavy atom. The van der Waals surface area contributed by atoms with E-state index in [0.29, 0.717) is 6.61 Å². The van der Waals surface area contributed by atoms with Crippen LogP contribution in [0.5, 0.6) is 0 Å². The van der Waals surface area contributed by atoms with E-state index in [2.05, 4.69) is 31.1 Å². The van der Waals surface area contributed by atoms with Gasteiger partial charge in [0.1, 0.15) is 0 Å². The number of aromatic nitrogens is 1. The molecule has 19 heavy (non-hydrogen) atoms. The highest BCUT2D eigenvalue weighted by atomic mass is 32.1. The molecule has 110 valence electrons. The van der Waals surface area contributed by atoms with E-state index in [4.69, 9.17) is 9.72 Å². The number of methoxy groups -OCH3 is 1. The molecule has 0 spiro atoms. The quantitative estimate of drug-likeness (QED) is 0.671. The Balaban J connectivity index is 2.69. The summed E-state index contributed by atoms with van der Waals surface area (Å²) in [7, 11) is 3.84. The van der Waals surface area contributed by atoms with Crippen molar-refractivity contribution in [1.82, 2.24) is 10.3 Å². The van der Waals surface area contributed by atoms with Gasteiger partial charge in [-0.2, -0.15) is 0 Å². The molecule has 0 atom stereocenters. The van der Waals surface area contributed by atoms with Crippen molar-refractivity contribution in [2.75, 3.05) is 32.1 Å². The molecule has 4 nitrogen and oxygen atoms in total. The molecular weight excluding hydrogens is 258 g/mol. The molecule has 0 radical (unpaired) electrons. The van der Waals surface area contributed by atoms with E-state index in [1.54, 1.807) is 18.4 Å². The minimum Gasteiger partial charge on any atom is -0.378 e. The highest BCUT2D eigenvalue weighted by molar-refractivity contribution is 7.15. The third-order valence-electron chi connectivity index (χ3n) is 2.93. The summed E-state index contributed by atoms with van der Waals surface area (Å²) in [5.41, 5.74) is 1.08. The van der Waals surface area contributed by atoms with Gasteiger partial charge in [0.05, 0.1) is 12.3 Å². The Kier molecular flexibility index (Phi) is 8.02. The van der Waals surface area contributed by atoms with Crippen molar-refractivity contribution in [1.29, 1.82) is 0 Å². The van der Waals surface area contributed by atoms with Crippen LogP contribution in [-0.2, 0) is 17.9 Å². The van der Waals surface area contributed by atoms with Gasteiger partial charge in [0.2, 0.25) is 0 Å². The molecule has 0 amide bonds. The van der Waals surface area contributed by atoms with Crippen LogP contribution < -0.4 is 10.2 Å². The van der Waals surface area contributed by atoms with Gasteiger partial charge in [0.15, 0.2) is 5.13 Å². The molecule has 1 aromatic rings. The number of hydrogen-bond acceptors (Lipinski definition) is 5. The lowest BCUT2D eigenvalue weighted by atomic mass is 10.3. The zero-order valence-corrected chi connectivity index (χ0v) is 13.5. The molecular formula is C14H27N3OS. The van der Waals surface area contributed by atoms with Crippen molar-refractivity contribution >= 4 is 16.5 Å². The summed E-state index contributed by atoms with van der Waals surface area (Å²) in [6, 6.07) is 0. The van der Waals surface area contributed by atoms with E-state index >= 15 is 0 Å². The molecule has 0 aliphatic heterocycles. The van der Waals surface area contributed by atoms with Crippen molar-refractivity contribution in [2.24, 2.45) is 0 Å². The molecule has 0 saturated heterocycles. The predicted molar refractivity (Wildman–Crippen MR) is 83.0 cm³/mol. The molecule has 1 heterocycles. The first-order chi connectivity index (χ1) is 9.22. The second-order valence-corrected chi connectivity index (χ2v) is 5.81. The largest absolute Gasteiger partial charge is 0.378 e. The Hall–Kier alpha value is -0.650. The van der Waals surface area contributed by atoms with Crippen LogP contribution in [0.3, 0.4) is 0 Å². The topological polar surface area (TPSA) is 37.4 Å². The van der Waals surface area contributed by atoms with E-state index in [9.17, 15) is 0 Å². The normalized spacial score (nSPS) is 10.9. The number of rotatable bonds is 10. The van der Waals surface area contributed by atoms with Gasteiger partial charge in [-0.05, 0) is 19.4 Å². The lowest BCUT2D eigenvalue weighted by molar-refractivity contribution is 0.181. The average Bonchev–Trinajstić information content (AvgIpc) is 2.80. The monoisotopic (exact) mass is 285 g/mol. The molecule has 0 fully saturated rings. The smallest absolute Gasteiger partial charge is 0.185 e. The first-order valence-corrected chi connectivity index (χ1v) is 7.93. The summed E-state index contributed by atoms with van der Waals surface area (Å²) in [5.74, 6) is 0. The Labute approximate surface area is 121 Å². The SMILES string of the molecule is CCCCN(C)c1nc(COC)c(CNCCC)s1. The molecule has 5 heteroatoms. The second-order valence-electron chi connectivity index (χ2n) is 4.75. The van der Waals surface area contributed by atoms with Crippen molar-refractivity contribution in [3.8, 4) is 0 Å². The Morgan fingerprint density at radius 1 is 1.32 bits per heavy atom. The fraction of sp³-hybridized carbons (Fsp3) is 0.786. The number of unbranched alkanes of at least 4 members (excludes halogenated alkanes) is 1. The average molecular weight is 285 g/mol. The predicted octanol–water partition coefficient (Wildman–Crippen LogP) is 3.03. The Morgan fingerprint density at radius 3 is 2.74 bits per heavy atom. The van der Waals surface area contributed by atoms with Gasteiger partial charge in [-0.1, -0.05) is 20.3 Å². The van der Waals surface area contributed by atoms with Crippen molar-refractivity contribution < 1.29 is 4.74 Å². The highest BCUT2D eigenvalue weighted by Crippen LogP contribution is 2.26. The summed E-state index contributed by atoms with van der Waals surface area (Å²) < 4.78 is 5.25. The van der Waals surface area contributed by atoms with Crippen LogP contribution in [0.4, 0.5) is 5.13 Å². The number of thiazole rings is 1. The summed E-state index contributed by atoms with van der Waals surface area (Å²) in [5, 5.41) is 4.55. The maximum absolute atomic E-state index is 5.25. The molecule has 0 aromatic carbocycles. The van der Waals surface area contributed by atoms with Gasteiger partial charge >= 0.3 is 0 Å². The summed E-state index contributed by atoms with van der Waals surface area (Å²) in [6.07, 6.45) is 3.58. The number of ether oxygens (including phenoxy) is 1. The molecule has 0 unspecified atom stereocenters. The van der Waals surface area contributed by atoms with Gasteiger partial charge in [0, 0.05) is 32.1 Å². The zero-order chi connectivity index (χ0) is 14.1. The third kappa shape index (κ3) is 5.47. The van der Waals surface area contributed by atoms with Crippen LogP contribution in [-0.4, -0.2) is 32.2 Å². The molecule has 1 N–H and O–H groups in total. The molecule has 0 saturated carbocycles. The molecule has 0 aliphatic rings. The van der Waals surface area contributed by atoms with E-state index < -0.39 is 0 Å². The number of nitrogens with one attached hydrogen (secondary N) is 1. The maximum Gasteiger partial charge on any atom is 0.185 e. The van der Waals surface area contributed by atoms with Crippen LogP contribution in [0.2, 0.25) is 0 Å². The van der Waals surface area contributed by atoms with E-state index in [-0.39, 0.29) is 0 Å². The minimum atomic E-state index is 0.598. The van der Waals surface area contributed by atoms with Gasteiger partial charge in [-0.3, -0.25) is 0 Å². The summed E-state index contributed by atoms with van der Waals surface area (Å²) >= 11 is 1.78. The van der Waals surface area contributed by atoms with Gasteiger partial charge < -0.3 is 15.0 Å². The maximum atomic E-state index is 5.25. The lowest BCUT2D eigenvalue weighted by Gasteiger charge is -2.14. The first kappa shape index (κ1) is 16.4. The molecule has 1 rings (SSSR count). The second kappa shape index (κ2) is 9.28.